The summed E-state index contributed by atoms with van der Waals surface area (Å²) < 4.78 is 5.96. The molecule has 47 heavy (non-hydrogen) atoms. The smallest absolute Gasteiger partial charge is 0.138 e. The predicted octanol–water partition coefficient (Wildman–Crippen LogP) is 11.2. The van der Waals surface area contributed by atoms with Crippen molar-refractivity contribution in [3.05, 3.63) is 132 Å². The Morgan fingerprint density at radius 3 is 2.38 bits per heavy atom. The van der Waals surface area contributed by atoms with Gasteiger partial charge in [-0.2, -0.15) is 5.26 Å². The van der Waals surface area contributed by atoms with Crippen molar-refractivity contribution in [3.8, 4) is 28.3 Å². The van der Waals surface area contributed by atoms with Gasteiger partial charge in [0.1, 0.15) is 16.0 Å². The summed E-state index contributed by atoms with van der Waals surface area (Å²) in [5, 5.41) is 14.6. The van der Waals surface area contributed by atoms with Crippen molar-refractivity contribution in [3.63, 3.8) is 0 Å². The van der Waals surface area contributed by atoms with Crippen molar-refractivity contribution < 1.29 is 0 Å². The van der Waals surface area contributed by atoms with E-state index in [1.165, 1.54) is 75.8 Å². The summed E-state index contributed by atoms with van der Waals surface area (Å²) in [6.07, 6.45) is 14.8. The first-order valence-corrected chi connectivity index (χ1v) is 17.0. The second-order valence-electron chi connectivity index (χ2n) is 12.6. The van der Waals surface area contributed by atoms with E-state index in [-0.39, 0.29) is 0 Å². The molecular formula is C42H28N4S. The number of imidazole rings is 1. The molecule has 0 unspecified atom stereocenters. The van der Waals surface area contributed by atoms with Crippen LogP contribution >= 0.6 is 11.3 Å². The van der Waals surface area contributed by atoms with Crippen LogP contribution in [0.15, 0.2) is 121 Å². The monoisotopic (exact) mass is 620 g/mol. The lowest BCUT2D eigenvalue weighted by molar-refractivity contribution is 0.851. The van der Waals surface area contributed by atoms with E-state index in [9.17, 15) is 5.26 Å². The molecule has 5 heteroatoms. The maximum Gasteiger partial charge on any atom is 0.138 e. The normalized spacial score (nSPS) is 14.6. The topological polar surface area (TPSA) is 46.0 Å². The molecule has 4 heterocycles. The largest absolute Gasteiger partial charge is 0.317 e. The van der Waals surface area contributed by atoms with Gasteiger partial charge in [0.15, 0.2) is 0 Å². The van der Waals surface area contributed by atoms with Crippen LogP contribution in [0.5, 0.6) is 0 Å². The molecule has 0 saturated carbocycles. The maximum absolute atomic E-state index is 9.73. The van der Waals surface area contributed by atoms with E-state index < -0.39 is 0 Å². The number of thiophene rings is 1. The molecule has 0 amide bonds. The van der Waals surface area contributed by atoms with Crippen LogP contribution in [-0.4, -0.2) is 14.0 Å². The van der Waals surface area contributed by atoms with Crippen LogP contribution in [0.25, 0.3) is 81.8 Å². The molecule has 4 nitrogen and oxygen atoms in total. The Balaban J connectivity index is 1.05. The third-order valence-corrected chi connectivity index (χ3v) is 11.1. The number of nitrogens with zero attached hydrogens (tertiary/aromatic N) is 4. The molecule has 10 rings (SSSR count). The molecule has 0 N–H and O–H groups in total. The molecule has 4 aromatic carbocycles. The fraction of sp³-hybridized carbons (Fsp3) is 0.0952. The first-order chi connectivity index (χ1) is 23.2. The van der Waals surface area contributed by atoms with Crippen LogP contribution in [-0.2, 0) is 6.42 Å². The van der Waals surface area contributed by atoms with E-state index >= 15 is 0 Å². The molecular weight excluding hydrogens is 593 g/mol. The summed E-state index contributed by atoms with van der Waals surface area (Å²) in [4.78, 5) is 6.14. The summed E-state index contributed by atoms with van der Waals surface area (Å²) in [6.45, 7) is 0. The highest BCUT2D eigenvalue weighted by atomic mass is 32.1. The average Bonchev–Trinajstić information content (AvgIpc) is 3.78. The maximum atomic E-state index is 9.73. The van der Waals surface area contributed by atoms with Gasteiger partial charge in [0.2, 0.25) is 0 Å². The summed E-state index contributed by atoms with van der Waals surface area (Å²) in [7, 11) is 0. The first-order valence-electron chi connectivity index (χ1n) is 16.2. The average molecular weight is 621 g/mol. The van der Waals surface area contributed by atoms with E-state index in [1.54, 1.807) is 11.3 Å². The number of nitriles is 1. The van der Waals surface area contributed by atoms with E-state index in [1.807, 2.05) is 0 Å². The van der Waals surface area contributed by atoms with Crippen molar-refractivity contribution in [2.75, 3.05) is 0 Å². The lowest BCUT2D eigenvalue weighted by atomic mass is 9.94. The molecule has 0 atom stereocenters. The quantitative estimate of drug-likeness (QED) is 0.197. The highest BCUT2D eigenvalue weighted by Crippen LogP contribution is 2.40. The Morgan fingerprint density at radius 2 is 1.55 bits per heavy atom. The van der Waals surface area contributed by atoms with Crippen LogP contribution in [0.1, 0.15) is 30.5 Å². The molecule has 8 aromatic rings. The Bertz CT molecular complexity index is 2760. The van der Waals surface area contributed by atoms with Crippen molar-refractivity contribution >= 4 is 70.9 Å². The minimum absolute atomic E-state index is 0.800. The zero-order valence-electron chi connectivity index (χ0n) is 25.6. The summed E-state index contributed by atoms with van der Waals surface area (Å²) in [5.74, 6) is 0. The molecule has 4 aromatic heterocycles. The van der Waals surface area contributed by atoms with Crippen LogP contribution in [0, 0.1) is 11.3 Å². The number of hydrogen-bond acceptors (Lipinski definition) is 3. The molecule has 0 bridgehead atoms. The second kappa shape index (κ2) is 10.2. The third kappa shape index (κ3) is 4.08. The molecule has 2 aliphatic rings. The number of benzene rings is 4. The highest BCUT2D eigenvalue weighted by molar-refractivity contribution is 7.25. The van der Waals surface area contributed by atoms with Gasteiger partial charge in [0.25, 0.3) is 0 Å². The molecule has 0 saturated heterocycles. The standard InChI is InChI=1S/C42H28N4S/c43-24-26-10-17-37-35(20-26)36-23-31(15-18-38(36)46(37)33-6-2-1-3-7-33)29-12-11-28-22-30(14-13-27(28)21-29)32-16-19-40-44-41-34-8-4-5-9-39(34)47-42(41)45(40)25-32/h1-2,4-6,8-9,11-16,18-23,25H,3,7,10,17H2. The van der Waals surface area contributed by atoms with Crippen molar-refractivity contribution in [1.82, 2.24) is 14.0 Å². The number of aromatic nitrogens is 3. The molecule has 0 radical (unpaired) electrons. The van der Waals surface area contributed by atoms with Crippen LogP contribution < -0.4 is 0 Å². The third-order valence-electron chi connectivity index (χ3n) is 9.91. The first kappa shape index (κ1) is 26.5. The van der Waals surface area contributed by atoms with Gasteiger partial charge < -0.3 is 4.57 Å². The second-order valence-corrected chi connectivity index (χ2v) is 13.7. The summed E-state index contributed by atoms with van der Waals surface area (Å²) in [6, 6.07) is 35.6. The van der Waals surface area contributed by atoms with Gasteiger partial charge in [-0.3, -0.25) is 4.40 Å². The lowest BCUT2D eigenvalue weighted by Crippen LogP contribution is -2.07. The van der Waals surface area contributed by atoms with Gasteiger partial charge in [-0.25, -0.2) is 4.98 Å². The van der Waals surface area contributed by atoms with Gasteiger partial charge in [-0.1, -0.05) is 60.7 Å². The van der Waals surface area contributed by atoms with E-state index in [2.05, 4.69) is 137 Å². The Morgan fingerprint density at radius 1 is 0.766 bits per heavy atom. The zero-order chi connectivity index (χ0) is 31.1. The molecule has 0 spiro atoms. The summed E-state index contributed by atoms with van der Waals surface area (Å²) >= 11 is 1.80. The predicted molar refractivity (Wildman–Crippen MR) is 197 cm³/mol. The minimum Gasteiger partial charge on any atom is -0.317 e. The SMILES string of the molecule is N#CC1=Cc2c(n(C3=CC=CCC3)c3ccc(-c4ccc5cc(-c6ccc7nc8c9ccccc9sc8n7c6)ccc5c4)cc23)CC1. The van der Waals surface area contributed by atoms with E-state index in [0.29, 0.717) is 0 Å². The van der Waals surface area contributed by atoms with E-state index in [0.717, 1.165) is 42.4 Å². The number of rotatable bonds is 3. The van der Waals surface area contributed by atoms with Crippen molar-refractivity contribution in [2.24, 2.45) is 0 Å². The van der Waals surface area contributed by atoms with Gasteiger partial charge in [-0.05, 0) is 113 Å². The molecule has 0 aliphatic heterocycles. The van der Waals surface area contributed by atoms with Gasteiger partial charge >= 0.3 is 0 Å². The Hall–Kier alpha value is -5.70. The number of pyridine rings is 1. The van der Waals surface area contributed by atoms with Gasteiger partial charge in [-0.15, -0.1) is 11.3 Å². The van der Waals surface area contributed by atoms with Gasteiger partial charge in [0, 0.05) is 44.2 Å². The van der Waals surface area contributed by atoms with Gasteiger partial charge in [0.05, 0.1) is 11.6 Å². The summed E-state index contributed by atoms with van der Waals surface area (Å²) in [5.41, 5.74) is 12.8. The molecule has 0 fully saturated rings. The highest BCUT2D eigenvalue weighted by Gasteiger charge is 2.23. The number of hydrogen-bond donors (Lipinski definition) is 0. The number of allylic oxidation sites excluding steroid dienone is 5. The minimum atomic E-state index is 0.800. The molecule has 222 valence electrons. The van der Waals surface area contributed by atoms with Crippen molar-refractivity contribution in [2.45, 2.75) is 25.7 Å². The van der Waals surface area contributed by atoms with E-state index in [4.69, 9.17) is 4.98 Å². The number of fused-ring (bicyclic) bond motifs is 9. The zero-order valence-corrected chi connectivity index (χ0v) is 26.4. The Labute approximate surface area is 275 Å². The van der Waals surface area contributed by atoms with Crippen LogP contribution in [0.2, 0.25) is 0 Å². The fourth-order valence-electron chi connectivity index (χ4n) is 7.57. The van der Waals surface area contributed by atoms with Crippen LogP contribution in [0.4, 0.5) is 0 Å². The Kier molecular flexibility index (Phi) is 5.73. The van der Waals surface area contributed by atoms with Crippen LogP contribution in [0.3, 0.4) is 0 Å². The molecule has 2 aliphatic carbocycles. The lowest BCUT2D eigenvalue weighted by Gasteiger charge is -2.18. The fourth-order valence-corrected chi connectivity index (χ4v) is 8.70. The van der Waals surface area contributed by atoms with Crippen molar-refractivity contribution in [1.29, 1.82) is 5.26 Å².